The lowest BCUT2D eigenvalue weighted by atomic mass is 10.1. The zero-order valence-electron chi connectivity index (χ0n) is 12.6. The first kappa shape index (κ1) is 15.3. The molecule has 0 heterocycles. The Bertz CT molecular complexity index is 427. The van der Waals surface area contributed by atoms with Crippen molar-refractivity contribution in [2.75, 3.05) is 11.4 Å². The van der Waals surface area contributed by atoms with Gasteiger partial charge in [0.2, 0.25) is 0 Å². The molecule has 20 heavy (non-hydrogen) atoms. The van der Waals surface area contributed by atoms with Crippen LogP contribution < -0.4 is 4.90 Å². The minimum Gasteiger partial charge on any atom is -0.392 e. The van der Waals surface area contributed by atoms with Crippen LogP contribution in [0.5, 0.6) is 0 Å². The molecule has 1 saturated carbocycles. The second kappa shape index (κ2) is 7.07. The first-order valence-electron chi connectivity index (χ1n) is 7.77. The molecule has 112 valence electrons. The van der Waals surface area contributed by atoms with E-state index in [1.807, 2.05) is 12.1 Å². The monoisotopic (exact) mass is 279 g/mol. The van der Waals surface area contributed by atoms with Crippen LogP contribution >= 0.6 is 0 Å². The van der Waals surface area contributed by atoms with E-state index in [0.29, 0.717) is 23.2 Å². The van der Waals surface area contributed by atoms with Crippen molar-refractivity contribution in [3.8, 4) is 0 Å². The molecular weight excluding hydrogens is 253 g/mol. The molecule has 0 unspecified atom stereocenters. The van der Waals surface area contributed by atoms with Crippen LogP contribution in [0.25, 0.3) is 0 Å². The smallest absolute Gasteiger partial charge is 0.146 e. The van der Waals surface area contributed by atoms with Crippen molar-refractivity contribution < 1.29 is 9.50 Å². The lowest BCUT2D eigenvalue weighted by molar-refractivity contribution is 0.281. The number of halogens is 1. The molecule has 1 aliphatic rings. The Balaban J connectivity index is 2.20. The molecule has 0 spiro atoms. The molecule has 1 aliphatic carbocycles. The van der Waals surface area contributed by atoms with Crippen LogP contribution in [-0.4, -0.2) is 17.7 Å². The normalized spacial score (nSPS) is 16.1. The Labute approximate surface area is 121 Å². The Morgan fingerprint density at radius 3 is 2.55 bits per heavy atom. The molecule has 0 atom stereocenters. The highest BCUT2D eigenvalue weighted by Gasteiger charge is 2.24. The van der Waals surface area contributed by atoms with E-state index < -0.39 is 0 Å². The Kier molecular flexibility index (Phi) is 5.41. The number of aliphatic hydroxyl groups excluding tert-OH is 1. The molecule has 0 bridgehead atoms. The third-order valence-electron chi connectivity index (χ3n) is 4.22. The maximum atomic E-state index is 14.3. The molecule has 3 heteroatoms. The molecule has 1 aromatic rings. The molecule has 0 aliphatic heterocycles. The summed E-state index contributed by atoms with van der Waals surface area (Å²) in [6.45, 7) is 5.22. The van der Waals surface area contributed by atoms with Crippen LogP contribution in [0.2, 0.25) is 0 Å². The van der Waals surface area contributed by atoms with Crippen molar-refractivity contribution in [1.29, 1.82) is 0 Å². The van der Waals surface area contributed by atoms with E-state index >= 15 is 0 Å². The molecule has 2 nitrogen and oxygen atoms in total. The number of rotatable bonds is 6. The van der Waals surface area contributed by atoms with Gasteiger partial charge in [0.1, 0.15) is 5.82 Å². The lowest BCUT2D eigenvalue weighted by Gasteiger charge is -2.32. The van der Waals surface area contributed by atoms with E-state index in [2.05, 4.69) is 18.7 Å². The summed E-state index contributed by atoms with van der Waals surface area (Å²) in [5.41, 5.74) is 1.34. The molecule has 1 fully saturated rings. The van der Waals surface area contributed by atoms with Gasteiger partial charge >= 0.3 is 0 Å². The number of aliphatic hydroxyl groups is 1. The number of nitrogens with zero attached hydrogens (tertiary/aromatic N) is 1. The summed E-state index contributed by atoms with van der Waals surface area (Å²) in [4.78, 5) is 2.25. The predicted octanol–water partition coefficient (Wildman–Crippen LogP) is 4.11. The standard InChI is InChI=1S/C17H26FNO/c1-13(2)9-10-19(15-5-3-4-6-15)17-8-7-14(12-20)11-16(17)18/h7-8,11,13,15,20H,3-6,9-10,12H2,1-2H3. The van der Waals surface area contributed by atoms with Crippen molar-refractivity contribution in [2.24, 2.45) is 5.92 Å². The van der Waals surface area contributed by atoms with Gasteiger partial charge in [-0.2, -0.15) is 0 Å². The fourth-order valence-corrected chi connectivity index (χ4v) is 2.99. The van der Waals surface area contributed by atoms with Crippen molar-refractivity contribution in [2.45, 2.75) is 58.6 Å². The van der Waals surface area contributed by atoms with Gasteiger partial charge in [0, 0.05) is 12.6 Å². The van der Waals surface area contributed by atoms with Gasteiger partial charge in [-0.1, -0.05) is 32.8 Å². The van der Waals surface area contributed by atoms with Gasteiger partial charge in [-0.05, 0) is 42.9 Å². The second-order valence-electron chi connectivity index (χ2n) is 6.26. The summed E-state index contributed by atoms with van der Waals surface area (Å²) in [6.07, 6.45) is 5.91. The minimum atomic E-state index is -0.202. The van der Waals surface area contributed by atoms with Gasteiger partial charge in [0.25, 0.3) is 0 Å². The average Bonchev–Trinajstić information content (AvgIpc) is 2.94. The van der Waals surface area contributed by atoms with Gasteiger partial charge < -0.3 is 10.0 Å². The molecule has 0 aromatic heterocycles. The van der Waals surface area contributed by atoms with Crippen LogP contribution in [0.15, 0.2) is 18.2 Å². The van der Waals surface area contributed by atoms with Gasteiger partial charge in [0.15, 0.2) is 0 Å². The molecule has 1 aromatic carbocycles. The maximum Gasteiger partial charge on any atom is 0.146 e. The second-order valence-corrected chi connectivity index (χ2v) is 6.26. The van der Waals surface area contributed by atoms with Crippen LogP contribution in [-0.2, 0) is 6.61 Å². The zero-order valence-corrected chi connectivity index (χ0v) is 12.6. The van der Waals surface area contributed by atoms with Gasteiger partial charge in [-0.15, -0.1) is 0 Å². The first-order valence-corrected chi connectivity index (χ1v) is 7.77. The Morgan fingerprint density at radius 2 is 2.00 bits per heavy atom. The Hall–Kier alpha value is -1.09. The van der Waals surface area contributed by atoms with Gasteiger partial charge in [0.05, 0.1) is 12.3 Å². The molecule has 2 rings (SSSR count). The fourth-order valence-electron chi connectivity index (χ4n) is 2.99. The summed E-state index contributed by atoms with van der Waals surface area (Å²) < 4.78 is 14.3. The van der Waals surface area contributed by atoms with Crippen LogP contribution in [0, 0.1) is 11.7 Å². The number of hydrogen-bond acceptors (Lipinski definition) is 2. The van der Waals surface area contributed by atoms with Crippen molar-refractivity contribution in [3.05, 3.63) is 29.6 Å². The number of anilines is 1. The van der Waals surface area contributed by atoms with Crippen LogP contribution in [0.1, 0.15) is 51.5 Å². The van der Waals surface area contributed by atoms with E-state index in [0.717, 1.165) is 13.0 Å². The minimum absolute atomic E-state index is 0.105. The largest absolute Gasteiger partial charge is 0.392 e. The van der Waals surface area contributed by atoms with Gasteiger partial charge in [-0.3, -0.25) is 0 Å². The number of hydrogen-bond donors (Lipinski definition) is 1. The highest BCUT2D eigenvalue weighted by molar-refractivity contribution is 5.50. The lowest BCUT2D eigenvalue weighted by Crippen LogP contribution is -2.35. The van der Waals surface area contributed by atoms with Gasteiger partial charge in [-0.25, -0.2) is 4.39 Å². The molecule has 1 N–H and O–H groups in total. The Morgan fingerprint density at radius 1 is 1.30 bits per heavy atom. The number of benzene rings is 1. The SMILES string of the molecule is CC(C)CCN(c1ccc(CO)cc1F)C1CCCC1. The third kappa shape index (κ3) is 3.72. The summed E-state index contributed by atoms with van der Waals surface area (Å²) in [5.74, 6) is 0.422. The summed E-state index contributed by atoms with van der Waals surface area (Å²) in [7, 11) is 0. The van der Waals surface area contributed by atoms with Crippen molar-refractivity contribution in [1.82, 2.24) is 0 Å². The van der Waals surface area contributed by atoms with Crippen LogP contribution in [0.3, 0.4) is 0 Å². The summed E-state index contributed by atoms with van der Waals surface area (Å²) in [6, 6.07) is 5.60. The first-order chi connectivity index (χ1) is 9.61. The highest BCUT2D eigenvalue weighted by Crippen LogP contribution is 2.31. The topological polar surface area (TPSA) is 23.5 Å². The van der Waals surface area contributed by atoms with E-state index in [1.54, 1.807) is 0 Å². The van der Waals surface area contributed by atoms with E-state index in [1.165, 1.54) is 31.7 Å². The third-order valence-corrected chi connectivity index (χ3v) is 4.22. The highest BCUT2D eigenvalue weighted by atomic mass is 19.1. The fraction of sp³-hybridized carbons (Fsp3) is 0.647. The predicted molar refractivity (Wildman–Crippen MR) is 81.4 cm³/mol. The van der Waals surface area contributed by atoms with Crippen molar-refractivity contribution in [3.63, 3.8) is 0 Å². The summed E-state index contributed by atoms with van der Waals surface area (Å²) >= 11 is 0. The molecule has 0 amide bonds. The van der Waals surface area contributed by atoms with E-state index in [-0.39, 0.29) is 12.4 Å². The van der Waals surface area contributed by atoms with Crippen LogP contribution in [0.4, 0.5) is 10.1 Å². The average molecular weight is 279 g/mol. The van der Waals surface area contributed by atoms with Crippen molar-refractivity contribution >= 4 is 5.69 Å². The maximum absolute atomic E-state index is 14.3. The quantitative estimate of drug-likeness (QED) is 0.847. The zero-order chi connectivity index (χ0) is 14.5. The molecular formula is C17H26FNO. The molecule has 0 saturated heterocycles. The molecule has 0 radical (unpaired) electrons. The van der Waals surface area contributed by atoms with E-state index in [9.17, 15) is 4.39 Å². The summed E-state index contributed by atoms with van der Waals surface area (Å²) in [5, 5.41) is 9.10. The van der Waals surface area contributed by atoms with E-state index in [4.69, 9.17) is 5.11 Å².